The fourth-order valence-electron chi connectivity index (χ4n) is 2.84. The topological polar surface area (TPSA) is 108 Å². The Balaban J connectivity index is 2.00. The largest absolute Gasteiger partial charge is 0.338 e. The lowest BCUT2D eigenvalue weighted by atomic mass is 10.0. The zero-order valence-corrected chi connectivity index (χ0v) is 18.5. The molecule has 0 aliphatic rings. The van der Waals surface area contributed by atoms with Crippen molar-refractivity contribution >= 4 is 41.3 Å². The van der Waals surface area contributed by atoms with Crippen LogP contribution in [-0.2, 0) is 9.59 Å². The molecule has 0 saturated heterocycles. The van der Waals surface area contributed by atoms with Crippen LogP contribution in [0.3, 0.4) is 0 Å². The highest BCUT2D eigenvalue weighted by Crippen LogP contribution is 2.21. The minimum atomic E-state index is -0.645. The second-order valence-corrected chi connectivity index (χ2v) is 7.77. The van der Waals surface area contributed by atoms with Gasteiger partial charge in [0.05, 0.1) is 0 Å². The normalized spacial score (nSPS) is 11.0. The van der Waals surface area contributed by atoms with E-state index < -0.39 is 23.7 Å². The van der Waals surface area contributed by atoms with Crippen LogP contribution in [0.1, 0.15) is 36.8 Å². The predicted molar refractivity (Wildman–Crippen MR) is 122 cm³/mol. The number of benzene rings is 2. The molecule has 0 atom stereocenters. The van der Waals surface area contributed by atoms with E-state index in [4.69, 9.17) is 5.21 Å². The van der Waals surface area contributed by atoms with Gasteiger partial charge in [-0.15, -0.1) is 11.8 Å². The van der Waals surface area contributed by atoms with Crippen LogP contribution in [0.5, 0.6) is 0 Å². The third kappa shape index (κ3) is 8.52. The Morgan fingerprint density at radius 3 is 2.31 bits per heavy atom. The van der Waals surface area contributed by atoms with Crippen molar-refractivity contribution in [2.45, 2.75) is 30.6 Å². The van der Waals surface area contributed by atoms with Gasteiger partial charge < -0.3 is 5.32 Å². The molecule has 0 spiro atoms. The summed E-state index contributed by atoms with van der Waals surface area (Å²) in [5, 5.41) is 13.3. The van der Waals surface area contributed by atoms with Crippen molar-refractivity contribution in [1.29, 1.82) is 0 Å². The number of carbonyl (C=O) groups is 3. The van der Waals surface area contributed by atoms with E-state index in [1.807, 2.05) is 30.5 Å². The Labute approximate surface area is 190 Å². The molecule has 0 heterocycles. The highest BCUT2D eigenvalue weighted by atomic mass is 32.2. The van der Waals surface area contributed by atoms with Gasteiger partial charge in [0.2, 0.25) is 5.91 Å². The van der Waals surface area contributed by atoms with E-state index in [1.165, 1.54) is 24.3 Å². The highest BCUT2D eigenvalue weighted by Gasteiger charge is 2.15. The first-order chi connectivity index (χ1) is 15.4. The SMILES string of the molecule is CSc1ccc(C=C(C(=O)NC(=O)NCCCCCC(=O)NO)c2ccc(F)cc2)cc1. The molecule has 0 radical (unpaired) electrons. The first-order valence-electron chi connectivity index (χ1n) is 10.1. The zero-order valence-electron chi connectivity index (χ0n) is 17.7. The molecule has 2 aromatic rings. The number of hydrogen-bond donors (Lipinski definition) is 4. The molecule has 170 valence electrons. The maximum Gasteiger partial charge on any atom is 0.321 e. The number of carbonyl (C=O) groups excluding carboxylic acids is 3. The minimum absolute atomic E-state index is 0.199. The van der Waals surface area contributed by atoms with Crippen molar-refractivity contribution in [2.75, 3.05) is 12.8 Å². The molecule has 32 heavy (non-hydrogen) atoms. The second-order valence-electron chi connectivity index (χ2n) is 6.89. The van der Waals surface area contributed by atoms with E-state index in [0.717, 1.165) is 10.5 Å². The monoisotopic (exact) mass is 459 g/mol. The number of hydrogen-bond acceptors (Lipinski definition) is 5. The van der Waals surface area contributed by atoms with Gasteiger partial charge in [-0.25, -0.2) is 14.7 Å². The summed E-state index contributed by atoms with van der Waals surface area (Å²) in [6.07, 6.45) is 5.67. The van der Waals surface area contributed by atoms with Crippen molar-refractivity contribution in [3.8, 4) is 0 Å². The van der Waals surface area contributed by atoms with Gasteiger partial charge in [-0.1, -0.05) is 30.7 Å². The van der Waals surface area contributed by atoms with Gasteiger partial charge in [0.15, 0.2) is 0 Å². The number of urea groups is 1. The number of rotatable bonds is 10. The van der Waals surface area contributed by atoms with Crippen LogP contribution in [0.4, 0.5) is 9.18 Å². The Morgan fingerprint density at radius 1 is 1.00 bits per heavy atom. The predicted octanol–water partition coefficient (Wildman–Crippen LogP) is 3.98. The molecule has 9 heteroatoms. The van der Waals surface area contributed by atoms with Gasteiger partial charge in [0, 0.05) is 23.4 Å². The molecule has 4 N–H and O–H groups in total. The Morgan fingerprint density at radius 2 is 1.69 bits per heavy atom. The van der Waals surface area contributed by atoms with E-state index >= 15 is 0 Å². The third-order valence-electron chi connectivity index (χ3n) is 4.54. The molecule has 0 aliphatic heterocycles. The summed E-state index contributed by atoms with van der Waals surface area (Å²) in [5.41, 5.74) is 3.04. The van der Waals surface area contributed by atoms with E-state index in [1.54, 1.807) is 23.3 Å². The molecule has 0 fully saturated rings. The number of nitrogens with one attached hydrogen (secondary N) is 3. The van der Waals surface area contributed by atoms with Gasteiger partial charge in [-0.05, 0) is 60.6 Å². The molecular weight excluding hydrogens is 433 g/mol. The number of hydroxylamine groups is 1. The molecule has 2 aromatic carbocycles. The van der Waals surface area contributed by atoms with Crippen LogP contribution < -0.4 is 16.1 Å². The van der Waals surface area contributed by atoms with Gasteiger partial charge in [0.1, 0.15) is 5.82 Å². The van der Waals surface area contributed by atoms with Crippen LogP contribution in [0.15, 0.2) is 53.4 Å². The first kappa shape index (κ1) is 25.1. The summed E-state index contributed by atoms with van der Waals surface area (Å²) in [6, 6.07) is 12.4. The number of unbranched alkanes of at least 4 members (excludes halogenated alkanes) is 2. The molecule has 0 unspecified atom stereocenters. The van der Waals surface area contributed by atoms with E-state index in [2.05, 4.69) is 10.6 Å². The Bertz CT molecular complexity index is 947. The Hall–Kier alpha value is -3.17. The summed E-state index contributed by atoms with van der Waals surface area (Å²) < 4.78 is 13.3. The van der Waals surface area contributed by atoms with E-state index in [0.29, 0.717) is 31.4 Å². The third-order valence-corrected chi connectivity index (χ3v) is 5.29. The average molecular weight is 460 g/mol. The lowest BCUT2D eigenvalue weighted by Crippen LogP contribution is -2.40. The molecular formula is C23H26FN3O4S. The lowest BCUT2D eigenvalue weighted by Gasteiger charge is -2.10. The van der Waals surface area contributed by atoms with Crippen LogP contribution in [-0.4, -0.2) is 35.9 Å². The van der Waals surface area contributed by atoms with Gasteiger partial charge in [0.25, 0.3) is 5.91 Å². The quantitative estimate of drug-likeness (QED) is 0.107. The van der Waals surface area contributed by atoms with E-state index in [9.17, 15) is 18.8 Å². The summed E-state index contributed by atoms with van der Waals surface area (Å²) in [7, 11) is 0. The summed E-state index contributed by atoms with van der Waals surface area (Å²) >= 11 is 1.60. The standard InChI is InChI=1S/C23H26FN3O4S/c1-32-19-12-6-16(7-13-19)15-20(17-8-10-18(24)11-9-17)22(29)26-23(30)25-14-4-2-3-5-21(28)27-31/h6-13,15,31H,2-5,14H2,1H3,(H,27,28)(H2,25,26,29,30). The zero-order chi connectivity index (χ0) is 23.3. The summed E-state index contributed by atoms with van der Waals surface area (Å²) in [6.45, 7) is 0.325. The number of halogens is 1. The van der Waals surface area contributed by atoms with Crippen LogP contribution >= 0.6 is 11.8 Å². The molecule has 0 saturated carbocycles. The average Bonchev–Trinajstić information content (AvgIpc) is 2.80. The number of thioether (sulfide) groups is 1. The Kier molecular flexibility index (Phi) is 10.4. The fourth-order valence-corrected chi connectivity index (χ4v) is 3.24. The first-order valence-corrected chi connectivity index (χ1v) is 11.3. The van der Waals surface area contributed by atoms with Crippen molar-refractivity contribution in [2.24, 2.45) is 0 Å². The number of imide groups is 1. The minimum Gasteiger partial charge on any atom is -0.338 e. The molecule has 7 nitrogen and oxygen atoms in total. The van der Waals surface area contributed by atoms with Crippen molar-refractivity contribution in [3.63, 3.8) is 0 Å². The van der Waals surface area contributed by atoms with Gasteiger partial charge in [-0.2, -0.15) is 0 Å². The molecule has 0 bridgehead atoms. The van der Waals surface area contributed by atoms with Crippen molar-refractivity contribution in [1.82, 2.24) is 16.1 Å². The van der Waals surface area contributed by atoms with E-state index in [-0.39, 0.29) is 12.0 Å². The summed E-state index contributed by atoms with van der Waals surface area (Å²) in [4.78, 5) is 36.9. The van der Waals surface area contributed by atoms with Crippen molar-refractivity contribution < 1.29 is 24.0 Å². The second kappa shape index (κ2) is 13.3. The van der Waals surface area contributed by atoms with Crippen LogP contribution in [0.2, 0.25) is 0 Å². The van der Waals surface area contributed by atoms with Gasteiger partial charge in [-0.3, -0.25) is 20.1 Å². The molecule has 2 rings (SSSR count). The molecule has 0 aliphatic carbocycles. The maximum absolute atomic E-state index is 13.3. The maximum atomic E-state index is 13.3. The fraction of sp³-hybridized carbons (Fsp3) is 0.261. The van der Waals surface area contributed by atoms with Crippen LogP contribution in [0.25, 0.3) is 11.6 Å². The smallest absolute Gasteiger partial charge is 0.321 e. The molecule has 4 amide bonds. The summed E-state index contributed by atoms with van der Waals surface area (Å²) in [5.74, 6) is -1.49. The van der Waals surface area contributed by atoms with Crippen LogP contribution in [0, 0.1) is 5.82 Å². The molecule has 0 aromatic heterocycles. The lowest BCUT2D eigenvalue weighted by molar-refractivity contribution is -0.129. The highest BCUT2D eigenvalue weighted by molar-refractivity contribution is 7.98. The van der Waals surface area contributed by atoms with Gasteiger partial charge >= 0.3 is 6.03 Å². The van der Waals surface area contributed by atoms with Crippen molar-refractivity contribution in [3.05, 3.63) is 65.5 Å². The number of amides is 4.